The number of rotatable bonds is 5. The minimum Gasteiger partial charge on any atom is -0.452 e. The maximum Gasteiger partial charge on any atom is 0.331 e. The summed E-state index contributed by atoms with van der Waals surface area (Å²) in [5, 5.41) is 3.92. The van der Waals surface area contributed by atoms with Crippen molar-refractivity contribution in [2.45, 2.75) is 51.0 Å². The molecule has 0 radical (unpaired) electrons. The van der Waals surface area contributed by atoms with Crippen LogP contribution in [-0.4, -0.2) is 24.5 Å². The van der Waals surface area contributed by atoms with E-state index in [1.165, 1.54) is 31.4 Å². The van der Waals surface area contributed by atoms with Gasteiger partial charge in [0.15, 0.2) is 6.61 Å². The fourth-order valence-corrected chi connectivity index (χ4v) is 3.32. The van der Waals surface area contributed by atoms with Crippen LogP contribution in [0.15, 0.2) is 24.3 Å². The van der Waals surface area contributed by atoms with E-state index in [4.69, 9.17) is 27.9 Å². The molecule has 1 N–H and O–H groups in total. The van der Waals surface area contributed by atoms with Gasteiger partial charge in [-0.3, -0.25) is 4.79 Å². The minimum absolute atomic E-state index is 0.190. The van der Waals surface area contributed by atoms with Gasteiger partial charge in [0.1, 0.15) is 0 Å². The van der Waals surface area contributed by atoms with Crippen LogP contribution in [-0.2, 0) is 14.3 Å². The summed E-state index contributed by atoms with van der Waals surface area (Å²) in [4.78, 5) is 23.7. The quantitative estimate of drug-likeness (QED) is 0.587. The van der Waals surface area contributed by atoms with E-state index < -0.39 is 5.97 Å². The van der Waals surface area contributed by atoms with Crippen molar-refractivity contribution in [3.8, 4) is 0 Å². The van der Waals surface area contributed by atoms with Crippen molar-refractivity contribution in [1.29, 1.82) is 0 Å². The van der Waals surface area contributed by atoms with Gasteiger partial charge in [-0.25, -0.2) is 4.79 Å². The zero-order valence-electron chi connectivity index (χ0n) is 14.1. The Kier molecular flexibility index (Phi) is 8.29. The number of nitrogens with one attached hydrogen (secondary N) is 1. The zero-order chi connectivity index (χ0) is 18.1. The van der Waals surface area contributed by atoms with E-state index in [0.717, 1.165) is 25.7 Å². The molecule has 6 heteroatoms. The second-order valence-corrected chi connectivity index (χ2v) is 7.06. The summed E-state index contributed by atoms with van der Waals surface area (Å²) in [5.74, 6) is -0.837. The first-order chi connectivity index (χ1) is 12.0. The van der Waals surface area contributed by atoms with Crippen molar-refractivity contribution in [1.82, 2.24) is 5.32 Å². The SMILES string of the molecule is O=C(COC(=O)/C=C/c1ccc(Cl)cc1Cl)NC1CCCCCCC1. The van der Waals surface area contributed by atoms with Gasteiger partial charge >= 0.3 is 5.97 Å². The van der Waals surface area contributed by atoms with E-state index in [1.807, 2.05) is 0 Å². The molecule has 25 heavy (non-hydrogen) atoms. The van der Waals surface area contributed by atoms with Crippen LogP contribution in [0.1, 0.15) is 50.5 Å². The number of esters is 1. The summed E-state index contributed by atoms with van der Waals surface area (Å²) in [7, 11) is 0. The molecule has 1 saturated carbocycles. The Balaban J connectivity index is 1.74. The van der Waals surface area contributed by atoms with Crippen LogP contribution < -0.4 is 5.32 Å². The van der Waals surface area contributed by atoms with E-state index in [2.05, 4.69) is 5.32 Å². The normalized spacial score (nSPS) is 16.2. The van der Waals surface area contributed by atoms with E-state index in [1.54, 1.807) is 18.2 Å². The fourth-order valence-electron chi connectivity index (χ4n) is 2.85. The number of ether oxygens (including phenoxy) is 1. The number of amides is 1. The average Bonchev–Trinajstić information content (AvgIpc) is 2.54. The van der Waals surface area contributed by atoms with Crippen molar-refractivity contribution in [2.24, 2.45) is 0 Å². The summed E-state index contributed by atoms with van der Waals surface area (Å²) < 4.78 is 4.98. The third-order valence-corrected chi connectivity index (χ3v) is 4.74. The molecule has 2 rings (SSSR count). The summed E-state index contributed by atoms with van der Waals surface area (Å²) in [6.07, 6.45) is 10.8. The maximum absolute atomic E-state index is 11.9. The van der Waals surface area contributed by atoms with E-state index in [-0.39, 0.29) is 18.6 Å². The van der Waals surface area contributed by atoms with E-state index >= 15 is 0 Å². The molecule has 1 amide bonds. The first kappa shape index (κ1) is 19.8. The molecule has 1 aliphatic rings. The number of benzene rings is 1. The molecule has 1 aromatic rings. The lowest BCUT2D eigenvalue weighted by molar-refractivity contribution is -0.144. The molecule has 0 aliphatic heterocycles. The number of carbonyl (C=O) groups is 2. The molecule has 136 valence electrons. The highest BCUT2D eigenvalue weighted by atomic mass is 35.5. The molecular weight excluding hydrogens is 361 g/mol. The molecule has 0 bridgehead atoms. The third-order valence-electron chi connectivity index (χ3n) is 4.18. The van der Waals surface area contributed by atoms with Crippen molar-refractivity contribution >= 4 is 41.2 Å². The number of hydrogen-bond acceptors (Lipinski definition) is 3. The van der Waals surface area contributed by atoms with Gasteiger partial charge in [-0.05, 0) is 36.6 Å². The topological polar surface area (TPSA) is 55.4 Å². The van der Waals surface area contributed by atoms with Crippen LogP contribution in [0.2, 0.25) is 10.0 Å². The summed E-state index contributed by atoms with van der Waals surface area (Å²) in [6, 6.07) is 5.17. The van der Waals surface area contributed by atoms with Gasteiger partial charge in [-0.1, -0.05) is 61.4 Å². The number of halogens is 2. The van der Waals surface area contributed by atoms with E-state index in [9.17, 15) is 9.59 Å². The lowest BCUT2D eigenvalue weighted by Gasteiger charge is -2.20. The Morgan fingerprint density at radius 1 is 1.12 bits per heavy atom. The second kappa shape index (κ2) is 10.5. The van der Waals surface area contributed by atoms with Crippen LogP contribution in [0.5, 0.6) is 0 Å². The highest BCUT2D eigenvalue weighted by Gasteiger charge is 2.14. The van der Waals surface area contributed by atoms with Crippen LogP contribution in [0.4, 0.5) is 0 Å². The minimum atomic E-state index is -0.584. The molecule has 0 unspecified atom stereocenters. The molecule has 1 fully saturated rings. The van der Waals surface area contributed by atoms with Gasteiger partial charge in [-0.2, -0.15) is 0 Å². The van der Waals surface area contributed by atoms with Gasteiger partial charge in [0.25, 0.3) is 5.91 Å². The summed E-state index contributed by atoms with van der Waals surface area (Å²) >= 11 is 11.8. The first-order valence-corrected chi connectivity index (χ1v) is 9.39. The van der Waals surface area contributed by atoms with Gasteiger partial charge in [0, 0.05) is 22.2 Å². The van der Waals surface area contributed by atoms with Crippen LogP contribution >= 0.6 is 23.2 Å². The molecule has 0 aromatic heterocycles. The monoisotopic (exact) mass is 383 g/mol. The highest BCUT2D eigenvalue weighted by molar-refractivity contribution is 6.35. The van der Waals surface area contributed by atoms with E-state index in [0.29, 0.717) is 15.6 Å². The predicted octanol–water partition coefficient (Wildman–Crippen LogP) is 4.78. The van der Waals surface area contributed by atoms with Crippen molar-refractivity contribution < 1.29 is 14.3 Å². The predicted molar refractivity (Wildman–Crippen MR) is 101 cm³/mol. The van der Waals surface area contributed by atoms with Gasteiger partial charge in [-0.15, -0.1) is 0 Å². The molecule has 0 saturated heterocycles. The largest absolute Gasteiger partial charge is 0.452 e. The highest BCUT2D eigenvalue weighted by Crippen LogP contribution is 2.22. The molecule has 1 aromatic carbocycles. The van der Waals surface area contributed by atoms with Crippen molar-refractivity contribution in [3.63, 3.8) is 0 Å². The smallest absolute Gasteiger partial charge is 0.331 e. The Hall–Kier alpha value is -1.52. The maximum atomic E-state index is 11.9. The molecule has 0 heterocycles. The van der Waals surface area contributed by atoms with Crippen molar-refractivity contribution in [2.75, 3.05) is 6.61 Å². The average molecular weight is 384 g/mol. The third kappa shape index (κ3) is 7.49. The standard InChI is InChI=1S/C19H23Cl2NO3/c20-15-10-8-14(17(21)12-15)9-11-19(24)25-13-18(23)22-16-6-4-2-1-3-5-7-16/h8-12,16H,1-7,13H2,(H,22,23)/b11-9+. The lowest BCUT2D eigenvalue weighted by atomic mass is 9.97. The zero-order valence-corrected chi connectivity index (χ0v) is 15.6. The van der Waals surface area contributed by atoms with Crippen molar-refractivity contribution in [3.05, 3.63) is 39.9 Å². The van der Waals surface area contributed by atoms with Crippen LogP contribution in [0, 0.1) is 0 Å². The molecular formula is C19H23Cl2NO3. The number of hydrogen-bond donors (Lipinski definition) is 1. The molecule has 0 spiro atoms. The summed E-state index contributed by atoms with van der Waals surface area (Å²) in [5.41, 5.74) is 0.655. The number of carbonyl (C=O) groups excluding carboxylic acids is 2. The van der Waals surface area contributed by atoms with Gasteiger partial charge in [0.05, 0.1) is 0 Å². The second-order valence-electron chi connectivity index (χ2n) is 6.22. The Labute approximate surface area is 158 Å². The Morgan fingerprint density at radius 3 is 2.48 bits per heavy atom. The first-order valence-electron chi connectivity index (χ1n) is 8.64. The molecule has 4 nitrogen and oxygen atoms in total. The summed E-state index contributed by atoms with van der Waals surface area (Å²) in [6.45, 7) is -0.270. The Morgan fingerprint density at radius 2 is 1.80 bits per heavy atom. The van der Waals surface area contributed by atoms with Gasteiger partial charge < -0.3 is 10.1 Å². The lowest BCUT2D eigenvalue weighted by Crippen LogP contribution is -2.37. The van der Waals surface area contributed by atoms with Crippen LogP contribution in [0.3, 0.4) is 0 Å². The van der Waals surface area contributed by atoms with Crippen LogP contribution in [0.25, 0.3) is 6.08 Å². The van der Waals surface area contributed by atoms with Gasteiger partial charge in [0.2, 0.25) is 0 Å². The fraction of sp³-hybridized carbons (Fsp3) is 0.474. The molecule has 1 aliphatic carbocycles. The Bertz CT molecular complexity index is 623. The molecule has 0 atom stereocenters.